The summed E-state index contributed by atoms with van der Waals surface area (Å²) in [6.07, 6.45) is 4.24. The molecule has 0 spiro atoms. The summed E-state index contributed by atoms with van der Waals surface area (Å²) in [5, 5.41) is 0. The lowest BCUT2D eigenvalue weighted by atomic mass is 9.91. The van der Waals surface area contributed by atoms with Crippen molar-refractivity contribution < 1.29 is 27.9 Å². The number of carbonyl (C=O) groups excluding carboxylic acids is 1. The Bertz CT molecular complexity index is 814. The molecule has 0 aromatic heterocycles. The number of rotatable bonds is 7. The molecule has 1 aliphatic rings. The van der Waals surface area contributed by atoms with Crippen LogP contribution in [0.4, 0.5) is 0 Å². The Kier molecular flexibility index (Phi) is 6.45. The van der Waals surface area contributed by atoms with E-state index < -0.39 is 7.60 Å². The Labute approximate surface area is 154 Å². The highest BCUT2D eigenvalue weighted by Gasteiger charge is 2.29. The van der Waals surface area contributed by atoms with Gasteiger partial charge in [0.15, 0.2) is 0 Å². The molecule has 0 amide bonds. The lowest BCUT2D eigenvalue weighted by molar-refractivity contribution is 0.0534. The normalized spacial score (nSPS) is 14.7. The Hall–Kier alpha value is -1.88. The number of esters is 1. The van der Waals surface area contributed by atoms with Gasteiger partial charge in [-0.05, 0) is 38.3 Å². The molecule has 142 valence electrons. The van der Waals surface area contributed by atoms with E-state index in [4.69, 9.17) is 18.5 Å². The molecule has 0 atom stereocenters. The highest BCUT2D eigenvalue weighted by molar-refractivity contribution is 7.57. The fourth-order valence-corrected chi connectivity index (χ4v) is 3.83. The second kappa shape index (κ2) is 8.21. The summed E-state index contributed by atoms with van der Waals surface area (Å²) in [6, 6.07) is 0. The third-order valence-corrected chi connectivity index (χ3v) is 6.14. The Morgan fingerprint density at radius 2 is 1.85 bits per heavy atom. The first-order valence-electron chi connectivity index (χ1n) is 8.21. The lowest BCUT2D eigenvalue weighted by Gasteiger charge is -2.17. The molecule has 1 aliphatic heterocycles. The van der Waals surface area contributed by atoms with Crippen LogP contribution in [0.25, 0.3) is 0 Å². The van der Waals surface area contributed by atoms with Crippen molar-refractivity contribution in [2.45, 2.75) is 33.8 Å². The molecule has 0 N–H and O–H groups in total. The number of cyclic esters (lactones) is 1. The molecule has 26 heavy (non-hydrogen) atoms. The molecule has 0 saturated heterocycles. The lowest BCUT2D eigenvalue weighted by Crippen LogP contribution is -2.06. The van der Waals surface area contributed by atoms with Crippen LogP contribution in [0.15, 0.2) is 23.5 Å². The van der Waals surface area contributed by atoms with E-state index in [1.165, 1.54) is 20.0 Å². The zero-order valence-corrected chi connectivity index (χ0v) is 16.9. The zero-order chi connectivity index (χ0) is 19.5. The Morgan fingerprint density at radius 1 is 1.19 bits per heavy atom. The van der Waals surface area contributed by atoms with Crippen LogP contribution in [-0.2, 0) is 31.4 Å². The van der Waals surface area contributed by atoms with Crippen LogP contribution in [0, 0.1) is 13.8 Å². The summed E-state index contributed by atoms with van der Waals surface area (Å²) >= 11 is 0. The summed E-state index contributed by atoms with van der Waals surface area (Å²) in [5.74, 6) is 1.91. The van der Waals surface area contributed by atoms with Gasteiger partial charge in [0.05, 0.1) is 12.7 Å². The Balaban J connectivity index is 2.37. The second-order valence-electron chi connectivity index (χ2n) is 6.06. The van der Waals surface area contributed by atoms with Gasteiger partial charge in [-0.15, -0.1) is 0 Å². The average molecular weight is 380 g/mol. The first-order chi connectivity index (χ1) is 12.3. The van der Waals surface area contributed by atoms with E-state index in [9.17, 15) is 9.36 Å². The topological polar surface area (TPSA) is 71.1 Å². The maximum Gasteiger partial charge on any atom is 0.353 e. The van der Waals surface area contributed by atoms with Crippen LogP contribution in [-0.4, -0.2) is 27.3 Å². The molecule has 2 rings (SSSR count). The van der Waals surface area contributed by atoms with Gasteiger partial charge in [-0.2, -0.15) is 0 Å². The predicted molar refractivity (Wildman–Crippen MR) is 99.8 cm³/mol. The van der Waals surface area contributed by atoms with Crippen molar-refractivity contribution >= 4 is 13.6 Å². The minimum absolute atomic E-state index is 0.286. The largest absolute Gasteiger partial charge is 0.496 e. The van der Waals surface area contributed by atoms with E-state index in [1.807, 2.05) is 26.8 Å². The van der Waals surface area contributed by atoms with Crippen molar-refractivity contribution in [1.29, 1.82) is 0 Å². The standard InChI is InChI=1S/C19H25O6P/c1-12(9-10-26(21,23-5)24-6)7-8-15-13(2)17-16(11-25-19(17)20)14(3)18(15)22-4/h7,9-10H,8,11H2,1-6H3. The summed E-state index contributed by atoms with van der Waals surface area (Å²) in [4.78, 5) is 12.1. The summed E-state index contributed by atoms with van der Waals surface area (Å²) in [6.45, 7) is 6.03. The highest BCUT2D eigenvalue weighted by Crippen LogP contribution is 2.48. The fourth-order valence-electron chi connectivity index (χ4n) is 3.02. The van der Waals surface area contributed by atoms with E-state index in [0.717, 1.165) is 33.6 Å². The molecule has 0 unspecified atom stereocenters. The molecule has 0 radical (unpaired) electrons. The van der Waals surface area contributed by atoms with E-state index in [0.29, 0.717) is 18.6 Å². The summed E-state index contributed by atoms with van der Waals surface area (Å²) in [7, 11) is 1.12. The van der Waals surface area contributed by atoms with Gasteiger partial charge in [0.1, 0.15) is 12.4 Å². The number of allylic oxidation sites excluding steroid dienone is 3. The summed E-state index contributed by atoms with van der Waals surface area (Å²) < 4.78 is 32.6. The molecular formula is C19H25O6P. The van der Waals surface area contributed by atoms with E-state index in [1.54, 1.807) is 13.2 Å². The number of benzene rings is 1. The van der Waals surface area contributed by atoms with Gasteiger partial charge in [0, 0.05) is 31.2 Å². The predicted octanol–water partition coefficient (Wildman–Crippen LogP) is 4.47. The van der Waals surface area contributed by atoms with Gasteiger partial charge >= 0.3 is 13.6 Å². The average Bonchev–Trinajstić information content (AvgIpc) is 3.03. The zero-order valence-electron chi connectivity index (χ0n) is 16.0. The third-order valence-electron chi connectivity index (χ3n) is 4.61. The monoisotopic (exact) mass is 380 g/mol. The molecule has 1 aromatic rings. The first kappa shape index (κ1) is 20.4. The minimum Gasteiger partial charge on any atom is -0.496 e. The number of fused-ring (bicyclic) bond motifs is 1. The van der Waals surface area contributed by atoms with Crippen LogP contribution in [0.1, 0.15) is 39.5 Å². The molecule has 0 aliphatic carbocycles. The Morgan fingerprint density at radius 3 is 2.42 bits per heavy atom. The van der Waals surface area contributed by atoms with E-state index in [2.05, 4.69) is 0 Å². The number of hydrogen-bond acceptors (Lipinski definition) is 6. The van der Waals surface area contributed by atoms with Crippen molar-refractivity contribution in [2.75, 3.05) is 21.3 Å². The molecule has 0 saturated carbocycles. The van der Waals surface area contributed by atoms with Crippen molar-refractivity contribution in [1.82, 2.24) is 0 Å². The van der Waals surface area contributed by atoms with Crippen molar-refractivity contribution in [2.24, 2.45) is 0 Å². The first-order valence-corrected chi connectivity index (χ1v) is 9.82. The number of ether oxygens (including phenoxy) is 2. The van der Waals surface area contributed by atoms with Crippen LogP contribution < -0.4 is 4.74 Å². The quantitative estimate of drug-likeness (QED) is 0.395. The van der Waals surface area contributed by atoms with Crippen LogP contribution >= 0.6 is 7.60 Å². The maximum atomic E-state index is 12.1. The number of methoxy groups -OCH3 is 1. The smallest absolute Gasteiger partial charge is 0.353 e. The molecule has 6 nitrogen and oxygen atoms in total. The molecule has 0 bridgehead atoms. The van der Waals surface area contributed by atoms with Crippen LogP contribution in [0.3, 0.4) is 0 Å². The van der Waals surface area contributed by atoms with Crippen molar-refractivity contribution in [3.05, 3.63) is 51.4 Å². The summed E-state index contributed by atoms with van der Waals surface area (Å²) in [5.41, 5.74) is 5.17. The van der Waals surface area contributed by atoms with Crippen molar-refractivity contribution in [3.8, 4) is 5.75 Å². The third kappa shape index (κ3) is 3.93. The fraction of sp³-hybridized carbons (Fsp3) is 0.421. The van der Waals surface area contributed by atoms with Gasteiger partial charge in [-0.3, -0.25) is 4.57 Å². The number of hydrogen-bond donors (Lipinski definition) is 0. The van der Waals surface area contributed by atoms with Crippen LogP contribution in [0.5, 0.6) is 5.75 Å². The molecular weight excluding hydrogens is 355 g/mol. The highest BCUT2D eigenvalue weighted by atomic mass is 31.2. The van der Waals surface area contributed by atoms with Gasteiger partial charge in [0.25, 0.3) is 0 Å². The van der Waals surface area contributed by atoms with Crippen molar-refractivity contribution in [3.63, 3.8) is 0 Å². The van der Waals surface area contributed by atoms with E-state index in [-0.39, 0.29) is 5.97 Å². The molecule has 0 fully saturated rings. The molecule has 1 aromatic carbocycles. The molecule has 1 heterocycles. The van der Waals surface area contributed by atoms with Gasteiger partial charge in [-0.25, -0.2) is 4.79 Å². The van der Waals surface area contributed by atoms with Crippen LogP contribution in [0.2, 0.25) is 0 Å². The van der Waals surface area contributed by atoms with E-state index >= 15 is 0 Å². The SMILES string of the molecule is COc1c(C)c2c(c(C)c1CC=C(C)C=CP(=O)(OC)OC)C(=O)OC2. The van der Waals surface area contributed by atoms with Gasteiger partial charge < -0.3 is 18.5 Å². The maximum absolute atomic E-state index is 12.1. The second-order valence-corrected chi connectivity index (χ2v) is 8.17. The van der Waals surface area contributed by atoms with Gasteiger partial charge in [-0.1, -0.05) is 17.7 Å². The molecule has 7 heteroatoms. The number of carbonyl (C=O) groups is 1. The van der Waals surface area contributed by atoms with Gasteiger partial charge in [0.2, 0.25) is 0 Å². The minimum atomic E-state index is -3.19.